The van der Waals surface area contributed by atoms with Crippen LogP contribution in [0.2, 0.25) is 0 Å². The van der Waals surface area contributed by atoms with Gasteiger partial charge >= 0.3 is 12.2 Å². The summed E-state index contributed by atoms with van der Waals surface area (Å²) in [7, 11) is 1.38. The van der Waals surface area contributed by atoms with Crippen molar-refractivity contribution in [1.82, 2.24) is 4.90 Å². The number of likely N-dealkylation sites (tertiary alicyclic amines) is 1. The zero-order valence-corrected chi connectivity index (χ0v) is 17.4. The fourth-order valence-electron chi connectivity index (χ4n) is 3.48. The molecule has 0 saturated carbocycles. The van der Waals surface area contributed by atoms with Gasteiger partial charge in [0.15, 0.2) is 0 Å². The minimum absolute atomic E-state index is 0.150. The molecule has 0 radical (unpaired) electrons. The normalized spacial score (nSPS) is 21.2. The number of hydrogen-bond acceptors (Lipinski definition) is 4. The lowest BCUT2D eigenvalue weighted by Gasteiger charge is -2.32. The average Bonchev–Trinajstić information content (AvgIpc) is 3.02. The summed E-state index contributed by atoms with van der Waals surface area (Å²) >= 11 is 3.83. The van der Waals surface area contributed by atoms with Crippen LogP contribution in [0.4, 0.5) is 15.3 Å². The molecule has 1 unspecified atom stereocenters. The minimum atomic E-state index is -0.525. The van der Waals surface area contributed by atoms with E-state index in [0.717, 1.165) is 11.1 Å². The molecule has 3 rings (SSSR count). The number of hydrogen-bond donors (Lipinski definition) is 1. The summed E-state index contributed by atoms with van der Waals surface area (Å²) in [5, 5.41) is 2.84. The van der Waals surface area contributed by atoms with Gasteiger partial charge in [-0.3, -0.25) is 5.32 Å². The molecule has 1 fully saturated rings. The molecular weight excluding hydrogens is 424 g/mol. The van der Waals surface area contributed by atoms with E-state index in [4.69, 9.17) is 9.47 Å². The number of ether oxygens (including phenoxy) is 2. The van der Waals surface area contributed by atoms with Gasteiger partial charge in [0.25, 0.3) is 0 Å². The Morgan fingerprint density at radius 3 is 2.57 bits per heavy atom. The van der Waals surface area contributed by atoms with Crippen LogP contribution in [0.15, 0.2) is 54.6 Å². The summed E-state index contributed by atoms with van der Waals surface area (Å²) in [5.41, 5.74) is 2.46. The van der Waals surface area contributed by atoms with Gasteiger partial charge in [-0.1, -0.05) is 64.5 Å². The molecule has 28 heavy (non-hydrogen) atoms. The molecule has 7 heteroatoms. The number of carbonyl (C=O) groups is 2. The number of amides is 2. The van der Waals surface area contributed by atoms with E-state index in [1.54, 1.807) is 4.90 Å². The molecule has 2 aromatic carbocycles. The van der Waals surface area contributed by atoms with Crippen molar-refractivity contribution in [2.24, 2.45) is 0 Å². The molecule has 0 spiro atoms. The molecule has 1 saturated heterocycles. The third kappa shape index (κ3) is 4.14. The third-order valence-corrected chi connectivity index (χ3v) is 6.57. The van der Waals surface area contributed by atoms with Crippen molar-refractivity contribution in [3.63, 3.8) is 0 Å². The van der Waals surface area contributed by atoms with Gasteiger partial charge in [0.05, 0.1) is 17.5 Å². The molecule has 2 atom stereocenters. The second kappa shape index (κ2) is 8.65. The summed E-state index contributed by atoms with van der Waals surface area (Å²) in [5.74, 6) is 0. The van der Waals surface area contributed by atoms with E-state index in [2.05, 4.69) is 21.2 Å². The maximum Gasteiger partial charge on any atom is 0.411 e. The number of para-hydroxylation sites is 1. The van der Waals surface area contributed by atoms with Gasteiger partial charge in [-0.2, -0.15) is 0 Å². The Labute approximate surface area is 172 Å². The Kier molecular flexibility index (Phi) is 6.24. The van der Waals surface area contributed by atoms with Crippen molar-refractivity contribution in [1.29, 1.82) is 0 Å². The Bertz CT molecular complexity index is 845. The number of carbonyl (C=O) groups excluding carboxylic acids is 2. The maximum absolute atomic E-state index is 12.3. The number of rotatable bonds is 4. The van der Waals surface area contributed by atoms with Crippen molar-refractivity contribution in [3.05, 3.63) is 65.7 Å². The summed E-state index contributed by atoms with van der Waals surface area (Å²) in [4.78, 5) is 26.0. The van der Waals surface area contributed by atoms with Crippen molar-refractivity contribution < 1.29 is 19.1 Å². The van der Waals surface area contributed by atoms with Crippen LogP contribution >= 0.6 is 15.9 Å². The number of halogens is 1. The highest BCUT2D eigenvalue weighted by molar-refractivity contribution is 9.09. The van der Waals surface area contributed by atoms with Gasteiger partial charge in [-0.05, 0) is 30.5 Å². The molecule has 0 bridgehead atoms. The monoisotopic (exact) mass is 446 g/mol. The van der Waals surface area contributed by atoms with Crippen LogP contribution in [0, 0.1) is 0 Å². The molecular formula is C21H23BrN2O4. The second-order valence-electron chi connectivity index (χ2n) is 6.68. The Morgan fingerprint density at radius 2 is 1.86 bits per heavy atom. The number of methoxy groups -OCH3 is 1. The minimum Gasteiger partial charge on any atom is -0.453 e. The van der Waals surface area contributed by atoms with Crippen LogP contribution < -0.4 is 5.32 Å². The van der Waals surface area contributed by atoms with Crippen molar-refractivity contribution in [2.45, 2.75) is 30.3 Å². The molecule has 0 aromatic heterocycles. The summed E-state index contributed by atoms with van der Waals surface area (Å²) in [6.45, 7) is 2.72. The van der Waals surface area contributed by atoms with Crippen LogP contribution in [-0.4, -0.2) is 36.8 Å². The van der Waals surface area contributed by atoms with E-state index in [1.165, 1.54) is 7.11 Å². The average molecular weight is 447 g/mol. The van der Waals surface area contributed by atoms with Crippen molar-refractivity contribution in [3.8, 4) is 0 Å². The number of alkyl halides is 1. The largest absolute Gasteiger partial charge is 0.453 e. The van der Waals surface area contributed by atoms with Gasteiger partial charge in [-0.15, -0.1) is 0 Å². The predicted octanol–water partition coefficient (Wildman–Crippen LogP) is 4.89. The summed E-state index contributed by atoms with van der Waals surface area (Å²) in [6, 6.07) is 16.9. The van der Waals surface area contributed by atoms with E-state index in [0.29, 0.717) is 18.7 Å². The lowest BCUT2D eigenvalue weighted by molar-refractivity contribution is 0.119. The standard InChI is InChI=1S/C21H23BrN2O4/c1-15-21(22,12-13-24(15)20(26)27-2)17-10-6-7-11-18(17)23-19(25)28-14-16-8-4-3-5-9-16/h3-11,15H,12-14H2,1-2H3,(H,23,25)/t15?,21-/m1/s1. The van der Waals surface area contributed by atoms with Crippen molar-refractivity contribution in [2.75, 3.05) is 19.0 Å². The van der Waals surface area contributed by atoms with Crippen LogP contribution in [0.3, 0.4) is 0 Å². The summed E-state index contributed by atoms with van der Waals surface area (Å²) < 4.78 is 9.72. The van der Waals surface area contributed by atoms with E-state index < -0.39 is 10.4 Å². The van der Waals surface area contributed by atoms with E-state index >= 15 is 0 Å². The molecule has 2 aromatic rings. The zero-order chi connectivity index (χ0) is 20.1. The number of anilines is 1. The van der Waals surface area contributed by atoms with Crippen LogP contribution in [-0.2, 0) is 20.4 Å². The predicted molar refractivity (Wildman–Crippen MR) is 110 cm³/mol. The lowest BCUT2D eigenvalue weighted by atomic mass is 9.91. The number of nitrogens with one attached hydrogen (secondary N) is 1. The molecule has 1 N–H and O–H groups in total. The van der Waals surface area contributed by atoms with E-state index in [9.17, 15) is 9.59 Å². The topological polar surface area (TPSA) is 67.9 Å². The third-order valence-electron chi connectivity index (χ3n) is 5.08. The second-order valence-corrected chi connectivity index (χ2v) is 8.10. The van der Waals surface area contributed by atoms with Crippen LogP contribution in [0.1, 0.15) is 24.5 Å². The SMILES string of the molecule is COC(=O)N1CC[C@](Br)(c2ccccc2NC(=O)OCc2ccccc2)C1C. The number of benzene rings is 2. The molecule has 2 amide bonds. The molecule has 148 valence electrons. The van der Waals surface area contributed by atoms with Crippen molar-refractivity contribution >= 4 is 33.8 Å². The summed E-state index contributed by atoms with van der Waals surface area (Å²) in [6.07, 6.45) is -0.189. The molecule has 1 heterocycles. The zero-order valence-electron chi connectivity index (χ0n) is 15.9. The van der Waals surface area contributed by atoms with E-state index in [-0.39, 0.29) is 18.7 Å². The fourth-order valence-corrected chi connectivity index (χ4v) is 4.25. The van der Waals surface area contributed by atoms with Gasteiger partial charge < -0.3 is 14.4 Å². The van der Waals surface area contributed by atoms with Gasteiger partial charge in [-0.25, -0.2) is 9.59 Å². The van der Waals surface area contributed by atoms with Crippen LogP contribution in [0.25, 0.3) is 0 Å². The molecule has 0 aliphatic carbocycles. The Morgan fingerprint density at radius 1 is 1.18 bits per heavy atom. The Hall–Kier alpha value is -2.54. The first-order valence-electron chi connectivity index (χ1n) is 9.06. The fraction of sp³-hybridized carbons (Fsp3) is 0.333. The highest BCUT2D eigenvalue weighted by Crippen LogP contribution is 2.48. The first-order chi connectivity index (χ1) is 13.5. The van der Waals surface area contributed by atoms with E-state index in [1.807, 2.05) is 61.5 Å². The highest BCUT2D eigenvalue weighted by Gasteiger charge is 2.47. The molecule has 6 nitrogen and oxygen atoms in total. The molecule has 1 aliphatic heterocycles. The Balaban J connectivity index is 1.74. The molecule has 1 aliphatic rings. The first kappa shape index (κ1) is 20.2. The quantitative estimate of drug-likeness (QED) is 0.678. The van der Waals surface area contributed by atoms with Gasteiger partial charge in [0, 0.05) is 12.2 Å². The van der Waals surface area contributed by atoms with Crippen LogP contribution in [0.5, 0.6) is 0 Å². The lowest BCUT2D eigenvalue weighted by Crippen LogP contribution is -2.40. The first-order valence-corrected chi connectivity index (χ1v) is 9.85. The number of nitrogens with zero attached hydrogens (tertiary/aromatic N) is 1. The highest BCUT2D eigenvalue weighted by atomic mass is 79.9. The maximum atomic E-state index is 12.3. The van der Waals surface area contributed by atoms with Gasteiger partial charge in [0.1, 0.15) is 6.61 Å². The van der Waals surface area contributed by atoms with Gasteiger partial charge in [0.2, 0.25) is 0 Å². The smallest absolute Gasteiger partial charge is 0.411 e.